The molecule has 0 aliphatic carbocycles. The average molecular weight is 424 g/mol. The topological polar surface area (TPSA) is 85.9 Å². The second kappa shape index (κ2) is 8.71. The Bertz CT molecular complexity index is 1030. The van der Waals surface area contributed by atoms with Crippen molar-refractivity contribution in [3.05, 3.63) is 58.6 Å². The molecule has 3 aromatic rings. The molecule has 30 heavy (non-hydrogen) atoms. The highest BCUT2D eigenvalue weighted by atomic mass is 32.1. The summed E-state index contributed by atoms with van der Waals surface area (Å²) in [5.41, 5.74) is 12.3. The molecule has 0 fully saturated rings. The zero-order chi connectivity index (χ0) is 21.1. The first kappa shape index (κ1) is 20.2. The quantitative estimate of drug-likeness (QED) is 0.600. The van der Waals surface area contributed by atoms with Crippen molar-refractivity contribution in [1.29, 1.82) is 0 Å². The van der Waals surface area contributed by atoms with Crippen LogP contribution in [0.15, 0.2) is 47.0 Å². The predicted octanol–water partition coefficient (Wildman–Crippen LogP) is 4.12. The Hall–Kier alpha value is -3.13. The Balaban J connectivity index is 1.91. The van der Waals surface area contributed by atoms with Gasteiger partial charge in [0, 0.05) is 16.8 Å². The van der Waals surface area contributed by atoms with Gasteiger partial charge in [0.2, 0.25) is 5.13 Å². The van der Waals surface area contributed by atoms with E-state index in [4.69, 9.17) is 20.3 Å². The third-order valence-electron chi connectivity index (χ3n) is 4.89. The zero-order valence-electron chi connectivity index (χ0n) is 17.3. The molecular formula is C22H25N5O2S. The summed E-state index contributed by atoms with van der Waals surface area (Å²) < 4.78 is 11.8. The average Bonchev–Trinajstić information content (AvgIpc) is 3.22. The van der Waals surface area contributed by atoms with Crippen molar-refractivity contribution >= 4 is 27.9 Å². The fourth-order valence-corrected chi connectivity index (χ4v) is 4.16. The molecule has 0 saturated carbocycles. The first-order valence-corrected chi connectivity index (χ1v) is 10.9. The van der Waals surface area contributed by atoms with E-state index < -0.39 is 0 Å². The van der Waals surface area contributed by atoms with E-state index in [1.807, 2.05) is 49.2 Å². The molecule has 1 aliphatic heterocycles. The van der Waals surface area contributed by atoms with Gasteiger partial charge in [-0.2, -0.15) is 5.10 Å². The van der Waals surface area contributed by atoms with E-state index in [0.717, 1.165) is 45.5 Å². The highest BCUT2D eigenvalue weighted by Gasteiger charge is 2.27. The lowest BCUT2D eigenvalue weighted by Crippen LogP contribution is -2.29. The molecule has 0 saturated heterocycles. The van der Waals surface area contributed by atoms with Crippen LogP contribution in [-0.4, -0.2) is 35.2 Å². The van der Waals surface area contributed by atoms with E-state index in [2.05, 4.69) is 23.2 Å². The fraction of sp³-hybridized carbons (Fsp3) is 0.318. The third kappa shape index (κ3) is 3.95. The lowest BCUT2D eigenvalue weighted by Gasteiger charge is -2.21. The summed E-state index contributed by atoms with van der Waals surface area (Å²) in [6, 6.07) is 12.0. The molecule has 2 N–H and O–H groups in total. The van der Waals surface area contributed by atoms with Crippen LogP contribution in [0, 0.1) is 0 Å². The van der Waals surface area contributed by atoms with Crippen molar-refractivity contribution in [2.45, 2.75) is 33.2 Å². The van der Waals surface area contributed by atoms with Gasteiger partial charge in [0.1, 0.15) is 5.51 Å². The van der Waals surface area contributed by atoms with Crippen molar-refractivity contribution in [2.75, 3.05) is 24.0 Å². The molecule has 1 atom stereocenters. The number of anilines is 2. The zero-order valence-corrected chi connectivity index (χ0v) is 18.1. The maximum atomic E-state index is 5.92. The number of nitrogens with two attached hydrogens (primary N) is 1. The van der Waals surface area contributed by atoms with E-state index in [0.29, 0.717) is 18.9 Å². The number of ether oxygens (including phenoxy) is 2. The standard InChI is InChI=1S/C22H25N5O2S/c1-4-28-19-11-16-10-14(3)27(22-25-24-13-30-22)26-21(15-6-8-17(23)9-7-15)18(16)12-20(19)29-5-2/h6-9,11-14H,4-5,10,23H2,1-3H3. The molecule has 2 heterocycles. The predicted molar refractivity (Wildman–Crippen MR) is 121 cm³/mol. The summed E-state index contributed by atoms with van der Waals surface area (Å²) in [5, 5.41) is 16.0. The number of rotatable bonds is 6. The monoisotopic (exact) mass is 423 g/mol. The number of nitrogens with zero attached hydrogens (tertiary/aromatic N) is 4. The number of benzene rings is 2. The van der Waals surface area contributed by atoms with Gasteiger partial charge < -0.3 is 15.2 Å². The second-order valence-electron chi connectivity index (χ2n) is 7.01. The summed E-state index contributed by atoms with van der Waals surface area (Å²) in [5.74, 6) is 1.48. The molecule has 2 aromatic carbocycles. The van der Waals surface area contributed by atoms with Crippen molar-refractivity contribution in [1.82, 2.24) is 10.2 Å². The van der Waals surface area contributed by atoms with Crippen LogP contribution in [-0.2, 0) is 6.42 Å². The molecule has 7 nitrogen and oxygen atoms in total. The fourth-order valence-electron chi connectivity index (χ4n) is 3.55. The normalized spacial score (nSPS) is 15.9. The van der Waals surface area contributed by atoms with Gasteiger partial charge in [0.05, 0.1) is 25.0 Å². The van der Waals surface area contributed by atoms with Gasteiger partial charge in [-0.1, -0.05) is 23.5 Å². The number of aromatic nitrogens is 2. The lowest BCUT2D eigenvalue weighted by molar-refractivity contribution is 0.287. The van der Waals surface area contributed by atoms with Crippen molar-refractivity contribution in [3.8, 4) is 11.5 Å². The van der Waals surface area contributed by atoms with Gasteiger partial charge in [0.15, 0.2) is 11.5 Å². The Morgan fingerprint density at radius 1 is 1.10 bits per heavy atom. The molecule has 8 heteroatoms. The van der Waals surface area contributed by atoms with Crippen LogP contribution in [0.2, 0.25) is 0 Å². The largest absolute Gasteiger partial charge is 0.490 e. The molecule has 0 amide bonds. The molecule has 0 bridgehead atoms. The Morgan fingerprint density at radius 3 is 2.43 bits per heavy atom. The van der Waals surface area contributed by atoms with Crippen molar-refractivity contribution < 1.29 is 9.47 Å². The highest BCUT2D eigenvalue weighted by Crippen LogP contribution is 2.36. The Labute approximate surface area is 180 Å². The number of hydrogen-bond acceptors (Lipinski definition) is 8. The van der Waals surface area contributed by atoms with Gasteiger partial charge in [-0.05, 0) is 57.0 Å². The number of hydrazone groups is 1. The summed E-state index contributed by atoms with van der Waals surface area (Å²) >= 11 is 1.47. The van der Waals surface area contributed by atoms with Crippen LogP contribution in [0.3, 0.4) is 0 Å². The maximum absolute atomic E-state index is 5.92. The van der Waals surface area contributed by atoms with Gasteiger partial charge in [-0.15, -0.1) is 10.2 Å². The minimum Gasteiger partial charge on any atom is -0.490 e. The number of hydrogen-bond donors (Lipinski definition) is 1. The number of fused-ring (bicyclic) bond motifs is 1. The van der Waals surface area contributed by atoms with E-state index in [1.54, 1.807) is 5.51 Å². The minimum atomic E-state index is 0.0930. The van der Waals surface area contributed by atoms with Crippen LogP contribution in [0.4, 0.5) is 10.8 Å². The Kier molecular flexibility index (Phi) is 5.85. The maximum Gasteiger partial charge on any atom is 0.228 e. The molecule has 0 radical (unpaired) electrons. The van der Waals surface area contributed by atoms with E-state index in [-0.39, 0.29) is 6.04 Å². The minimum absolute atomic E-state index is 0.0930. The summed E-state index contributed by atoms with van der Waals surface area (Å²) in [7, 11) is 0. The van der Waals surface area contributed by atoms with Gasteiger partial charge >= 0.3 is 0 Å². The van der Waals surface area contributed by atoms with Gasteiger partial charge in [-0.3, -0.25) is 0 Å². The number of nitrogen functional groups attached to an aromatic ring is 1. The SMILES string of the molecule is CCOc1cc2c(cc1OCC)C(c1ccc(N)cc1)=NN(c1nncs1)C(C)C2. The lowest BCUT2D eigenvalue weighted by atomic mass is 9.94. The first-order valence-electron chi connectivity index (χ1n) is 10.0. The summed E-state index contributed by atoms with van der Waals surface area (Å²) in [6.45, 7) is 7.21. The summed E-state index contributed by atoms with van der Waals surface area (Å²) in [4.78, 5) is 0. The molecule has 1 aromatic heterocycles. The van der Waals surface area contributed by atoms with E-state index >= 15 is 0 Å². The smallest absolute Gasteiger partial charge is 0.228 e. The van der Waals surface area contributed by atoms with E-state index in [1.165, 1.54) is 11.3 Å². The van der Waals surface area contributed by atoms with Crippen LogP contribution in [0.25, 0.3) is 0 Å². The molecule has 4 rings (SSSR count). The third-order valence-corrected chi connectivity index (χ3v) is 5.57. The van der Waals surface area contributed by atoms with Gasteiger partial charge in [-0.25, -0.2) is 5.01 Å². The van der Waals surface area contributed by atoms with Gasteiger partial charge in [0.25, 0.3) is 0 Å². The molecule has 1 aliphatic rings. The summed E-state index contributed by atoms with van der Waals surface area (Å²) in [6.07, 6.45) is 0.781. The van der Waals surface area contributed by atoms with Crippen molar-refractivity contribution in [2.24, 2.45) is 5.10 Å². The van der Waals surface area contributed by atoms with Crippen LogP contribution in [0.1, 0.15) is 37.5 Å². The molecule has 1 unspecified atom stereocenters. The van der Waals surface area contributed by atoms with Crippen LogP contribution >= 0.6 is 11.3 Å². The highest BCUT2D eigenvalue weighted by molar-refractivity contribution is 7.13. The molecular weight excluding hydrogens is 398 g/mol. The van der Waals surface area contributed by atoms with Crippen molar-refractivity contribution in [3.63, 3.8) is 0 Å². The molecule has 0 spiro atoms. The second-order valence-corrected chi connectivity index (χ2v) is 7.82. The molecule has 156 valence electrons. The van der Waals surface area contributed by atoms with E-state index in [9.17, 15) is 0 Å². The Morgan fingerprint density at radius 2 is 1.80 bits per heavy atom. The van der Waals surface area contributed by atoms with Crippen LogP contribution in [0.5, 0.6) is 11.5 Å². The first-order chi connectivity index (χ1) is 14.6. The van der Waals surface area contributed by atoms with Crippen LogP contribution < -0.4 is 20.2 Å².